The zero-order valence-corrected chi connectivity index (χ0v) is 13.3. The number of nitrogens with one attached hydrogen (secondary N) is 2. The standard InChI is InChI=1S/C16H17ClN2O3/c1-10-5-4-6-11(7-10)18-16(20)19-13-8-12(17)14(21-2)9-15(13)22-3/h4-9H,1-3H3,(H2,18,19,20). The van der Waals surface area contributed by atoms with E-state index in [0.29, 0.717) is 27.9 Å². The Balaban J connectivity index is 2.16. The van der Waals surface area contributed by atoms with Crippen LogP contribution in [-0.4, -0.2) is 20.3 Å². The highest BCUT2D eigenvalue weighted by atomic mass is 35.5. The van der Waals surface area contributed by atoms with Crippen LogP contribution in [0, 0.1) is 6.92 Å². The fourth-order valence-corrected chi connectivity index (χ4v) is 2.21. The third-order valence-corrected chi connectivity index (χ3v) is 3.29. The van der Waals surface area contributed by atoms with Crippen LogP contribution in [0.4, 0.5) is 16.2 Å². The lowest BCUT2D eigenvalue weighted by Gasteiger charge is -2.13. The minimum absolute atomic E-state index is 0.383. The Hall–Kier alpha value is -2.40. The summed E-state index contributed by atoms with van der Waals surface area (Å²) in [7, 11) is 3.02. The maximum Gasteiger partial charge on any atom is 0.323 e. The predicted molar refractivity (Wildman–Crippen MR) is 88.4 cm³/mol. The maximum absolute atomic E-state index is 12.1. The van der Waals surface area contributed by atoms with Crippen LogP contribution in [0.5, 0.6) is 11.5 Å². The largest absolute Gasteiger partial charge is 0.495 e. The second kappa shape index (κ2) is 7.04. The number of amides is 2. The van der Waals surface area contributed by atoms with Crippen molar-refractivity contribution in [2.75, 3.05) is 24.9 Å². The van der Waals surface area contributed by atoms with Gasteiger partial charge in [-0.25, -0.2) is 4.79 Å². The summed E-state index contributed by atoms with van der Waals surface area (Å²) in [4.78, 5) is 12.1. The SMILES string of the molecule is COc1cc(OC)c(NC(=O)Nc2cccc(C)c2)cc1Cl. The summed E-state index contributed by atoms with van der Waals surface area (Å²) in [6.07, 6.45) is 0. The van der Waals surface area contributed by atoms with Crippen molar-refractivity contribution in [1.82, 2.24) is 0 Å². The molecular weight excluding hydrogens is 304 g/mol. The molecule has 0 heterocycles. The van der Waals surface area contributed by atoms with Crippen LogP contribution in [-0.2, 0) is 0 Å². The molecular formula is C16H17ClN2O3. The van der Waals surface area contributed by atoms with E-state index in [-0.39, 0.29) is 6.03 Å². The van der Waals surface area contributed by atoms with Crippen LogP contribution in [0.15, 0.2) is 36.4 Å². The van der Waals surface area contributed by atoms with E-state index < -0.39 is 0 Å². The number of benzene rings is 2. The van der Waals surface area contributed by atoms with E-state index in [1.54, 1.807) is 12.1 Å². The van der Waals surface area contributed by atoms with Gasteiger partial charge in [0, 0.05) is 11.8 Å². The molecule has 2 rings (SSSR count). The van der Waals surface area contributed by atoms with Crippen LogP contribution in [0.2, 0.25) is 5.02 Å². The van der Waals surface area contributed by atoms with Gasteiger partial charge in [-0.15, -0.1) is 0 Å². The minimum atomic E-state index is -0.384. The van der Waals surface area contributed by atoms with Crippen LogP contribution in [0.3, 0.4) is 0 Å². The molecule has 0 atom stereocenters. The van der Waals surface area contributed by atoms with Crippen molar-refractivity contribution >= 4 is 29.0 Å². The van der Waals surface area contributed by atoms with Crippen molar-refractivity contribution in [1.29, 1.82) is 0 Å². The lowest BCUT2D eigenvalue weighted by molar-refractivity contribution is 0.262. The van der Waals surface area contributed by atoms with E-state index in [0.717, 1.165) is 5.56 Å². The van der Waals surface area contributed by atoms with Gasteiger partial charge in [-0.05, 0) is 30.7 Å². The third kappa shape index (κ3) is 3.83. The Morgan fingerprint density at radius 2 is 1.77 bits per heavy atom. The summed E-state index contributed by atoms with van der Waals surface area (Å²) in [5.41, 5.74) is 2.22. The lowest BCUT2D eigenvalue weighted by Crippen LogP contribution is -2.19. The number of hydrogen-bond donors (Lipinski definition) is 2. The Morgan fingerprint density at radius 1 is 1.05 bits per heavy atom. The molecule has 0 aliphatic carbocycles. The summed E-state index contributed by atoms with van der Waals surface area (Å²) in [6, 6.07) is 10.3. The first-order valence-corrected chi connectivity index (χ1v) is 6.97. The van der Waals surface area contributed by atoms with Crippen LogP contribution < -0.4 is 20.1 Å². The summed E-state index contributed by atoms with van der Waals surface area (Å²) >= 11 is 6.07. The first kappa shape index (κ1) is 16.0. The molecule has 0 bridgehead atoms. The lowest BCUT2D eigenvalue weighted by atomic mass is 10.2. The highest BCUT2D eigenvalue weighted by molar-refractivity contribution is 6.32. The second-order valence-electron chi connectivity index (χ2n) is 4.64. The van der Waals surface area contributed by atoms with Gasteiger partial charge in [-0.2, -0.15) is 0 Å². The molecule has 2 N–H and O–H groups in total. The van der Waals surface area contributed by atoms with Gasteiger partial charge in [0.1, 0.15) is 11.5 Å². The van der Waals surface area contributed by atoms with Gasteiger partial charge >= 0.3 is 6.03 Å². The number of halogens is 1. The summed E-state index contributed by atoms with van der Waals surface area (Å²) in [5, 5.41) is 5.84. The Morgan fingerprint density at radius 3 is 2.41 bits per heavy atom. The first-order chi connectivity index (χ1) is 10.5. The smallest absolute Gasteiger partial charge is 0.323 e. The minimum Gasteiger partial charge on any atom is -0.495 e. The maximum atomic E-state index is 12.1. The van der Waals surface area contributed by atoms with Crippen molar-refractivity contribution in [3.63, 3.8) is 0 Å². The summed E-state index contributed by atoms with van der Waals surface area (Å²) < 4.78 is 10.3. The normalized spacial score (nSPS) is 10.0. The molecule has 0 saturated heterocycles. The van der Waals surface area contributed by atoms with Gasteiger partial charge in [-0.1, -0.05) is 23.7 Å². The van der Waals surface area contributed by atoms with Crippen molar-refractivity contribution in [2.24, 2.45) is 0 Å². The quantitative estimate of drug-likeness (QED) is 0.882. The zero-order chi connectivity index (χ0) is 16.1. The highest BCUT2D eigenvalue weighted by Crippen LogP contribution is 2.35. The number of urea groups is 1. The van der Waals surface area contributed by atoms with Gasteiger partial charge in [0.15, 0.2) is 0 Å². The van der Waals surface area contributed by atoms with Crippen LogP contribution in [0.25, 0.3) is 0 Å². The summed E-state index contributed by atoms with van der Waals surface area (Å²) in [5.74, 6) is 0.934. The topological polar surface area (TPSA) is 59.6 Å². The number of methoxy groups -OCH3 is 2. The third-order valence-electron chi connectivity index (χ3n) is 3.00. The highest BCUT2D eigenvalue weighted by Gasteiger charge is 2.12. The molecule has 2 aromatic rings. The zero-order valence-electron chi connectivity index (χ0n) is 12.6. The number of ether oxygens (including phenoxy) is 2. The fourth-order valence-electron chi connectivity index (χ4n) is 1.97. The van der Waals surface area contributed by atoms with E-state index in [2.05, 4.69) is 10.6 Å². The molecule has 0 radical (unpaired) electrons. The summed E-state index contributed by atoms with van der Waals surface area (Å²) in [6.45, 7) is 1.95. The molecule has 2 amide bonds. The number of anilines is 2. The van der Waals surface area contributed by atoms with Crippen molar-refractivity contribution in [3.8, 4) is 11.5 Å². The van der Waals surface area contributed by atoms with Crippen molar-refractivity contribution in [2.45, 2.75) is 6.92 Å². The molecule has 5 nitrogen and oxygen atoms in total. The molecule has 22 heavy (non-hydrogen) atoms. The Labute approximate surface area is 134 Å². The molecule has 0 aliphatic heterocycles. The molecule has 0 saturated carbocycles. The monoisotopic (exact) mass is 320 g/mol. The molecule has 0 aromatic heterocycles. The fraction of sp³-hybridized carbons (Fsp3) is 0.188. The Bertz CT molecular complexity index is 689. The molecule has 116 valence electrons. The molecule has 6 heteroatoms. The Kier molecular flexibility index (Phi) is 5.12. The number of carbonyl (C=O) groups is 1. The van der Waals surface area contributed by atoms with Gasteiger partial charge in [-0.3, -0.25) is 0 Å². The van der Waals surface area contributed by atoms with Crippen molar-refractivity contribution in [3.05, 3.63) is 47.0 Å². The van der Waals surface area contributed by atoms with E-state index >= 15 is 0 Å². The van der Waals surface area contributed by atoms with Crippen LogP contribution >= 0.6 is 11.6 Å². The van der Waals surface area contributed by atoms with Gasteiger partial charge in [0.2, 0.25) is 0 Å². The van der Waals surface area contributed by atoms with Gasteiger partial charge in [0.05, 0.1) is 24.9 Å². The molecule has 0 fully saturated rings. The first-order valence-electron chi connectivity index (χ1n) is 6.59. The van der Waals surface area contributed by atoms with Crippen molar-refractivity contribution < 1.29 is 14.3 Å². The molecule has 0 unspecified atom stereocenters. The number of carbonyl (C=O) groups excluding carboxylic acids is 1. The van der Waals surface area contributed by atoms with E-state index in [1.807, 2.05) is 31.2 Å². The molecule has 0 aliphatic rings. The van der Waals surface area contributed by atoms with E-state index in [4.69, 9.17) is 21.1 Å². The van der Waals surface area contributed by atoms with E-state index in [1.165, 1.54) is 14.2 Å². The molecule has 2 aromatic carbocycles. The number of hydrogen-bond acceptors (Lipinski definition) is 3. The average molecular weight is 321 g/mol. The molecule has 0 spiro atoms. The predicted octanol–water partition coefficient (Wildman–Crippen LogP) is 4.31. The van der Waals surface area contributed by atoms with E-state index in [9.17, 15) is 4.79 Å². The number of aryl methyl sites for hydroxylation is 1. The average Bonchev–Trinajstić information content (AvgIpc) is 2.47. The van der Waals surface area contributed by atoms with Gasteiger partial charge < -0.3 is 20.1 Å². The number of rotatable bonds is 4. The second-order valence-corrected chi connectivity index (χ2v) is 5.04. The van der Waals surface area contributed by atoms with Gasteiger partial charge in [0.25, 0.3) is 0 Å². The van der Waals surface area contributed by atoms with Crippen LogP contribution in [0.1, 0.15) is 5.56 Å².